The van der Waals surface area contributed by atoms with E-state index >= 15 is 0 Å². The van der Waals surface area contributed by atoms with E-state index < -0.39 is 41.9 Å². The van der Waals surface area contributed by atoms with Gasteiger partial charge in [0.1, 0.15) is 6.54 Å². The number of fused-ring (bicyclic) bond motifs is 1. The summed E-state index contributed by atoms with van der Waals surface area (Å²) < 4.78 is 0. The van der Waals surface area contributed by atoms with Crippen LogP contribution in [0.1, 0.15) is 34.1 Å². The van der Waals surface area contributed by atoms with Gasteiger partial charge in [-0.15, -0.1) is 0 Å². The molecule has 0 N–H and O–H groups in total. The number of imide groups is 1. The Balaban J connectivity index is 1.72. The van der Waals surface area contributed by atoms with E-state index in [1.165, 1.54) is 18.2 Å². The average Bonchev–Trinajstić information content (AvgIpc) is 3.05. The van der Waals surface area contributed by atoms with E-state index in [1.807, 2.05) is 19.1 Å². The molecule has 1 saturated heterocycles. The monoisotopic (exact) mass is 470 g/mol. The van der Waals surface area contributed by atoms with Crippen LogP contribution in [0, 0.1) is 17.8 Å². The van der Waals surface area contributed by atoms with E-state index in [0.717, 1.165) is 10.0 Å². The zero-order valence-corrected chi connectivity index (χ0v) is 18.7. The molecule has 0 saturated carbocycles. The number of hydrogen-bond acceptors (Lipinski definition) is 4. The first-order chi connectivity index (χ1) is 15.3. The normalized spacial score (nSPS) is 22.1. The lowest BCUT2D eigenvalue weighted by Crippen LogP contribution is -2.52. The van der Waals surface area contributed by atoms with Gasteiger partial charge in [-0.25, -0.2) is 5.01 Å². The van der Waals surface area contributed by atoms with Crippen LogP contribution < -0.4 is 0 Å². The maximum Gasteiger partial charge on any atom is 0.273 e. The molecule has 0 aromatic heterocycles. The van der Waals surface area contributed by atoms with Crippen LogP contribution in [0.4, 0.5) is 0 Å². The topological polar surface area (TPSA) is 74.8 Å². The molecule has 164 valence electrons. The molecule has 1 fully saturated rings. The fraction of sp³-hybridized carbons (Fsp3) is 0.250. The third kappa shape index (κ3) is 3.96. The summed E-state index contributed by atoms with van der Waals surface area (Å²) in [4.78, 5) is 52.9. The van der Waals surface area contributed by atoms with Crippen molar-refractivity contribution in [2.45, 2.75) is 13.3 Å². The second-order valence-corrected chi connectivity index (χ2v) is 8.74. The standard InChI is InChI=1S/C24H20Cl2N2O4/c1-14-6-5-9-17-21(14)24(32)28(23(17)31)27(13-20(29)15-7-3-2-4-8-15)22(30)16-10-11-18(25)19(26)12-16/h2-8,10-12,14,17,21H,9,13H2,1H3/t14-,17-,21+/m0/s1. The Morgan fingerprint density at radius 3 is 2.38 bits per heavy atom. The third-order valence-corrected chi connectivity index (χ3v) is 6.62. The first kappa shape index (κ1) is 22.2. The summed E-state index contributed by atoms with van der Waals surface area (Å²) in [6, 6.07) is 12.6. The predicted octanol–water partition coefficient (Wildman–Crippen LogP) is 4.43. The van der Waals surface area contributed by atoms with Crippen LogP contribution in [0.2, 0.25) is 10.0 Å². The molecule has 3 atom stereocenters. The van der Waals surface area contributed by atoms with E-state index in [9.17, 15) is 19.2 Å². The van der Waals surface area contributed by atoms with Gasteiger partial charge in [-0.2, -0.15) is 5.01 Å². The number of benzene rings is 2. The molecular formula is C24H20Cl2N2O4. The van der Waals surface area contributed by atoms with Crippen LogP contribution in [0.25, 0.3) is 0 Å². The van der Waals surface area contributed by atoms with Gasteiger partial charge in [0.2, 0.25) is 0 Å². The van der Waals surface area contributed by atoms with Crippen molar-refractivity contribution in [3.8, 4) is 0 Å². The Bertz CT molecular complexity index is 1130. The first-order valence-corrected chi connectivity index (χ1v) is 10.9. The van der Waals surface area contributed by atoms with Crippen molar-refractivity contribution in [1.29, 1.82) is 0 Å². The smallest absolute Gasteiger partial charge is 0.273 e. The second kappa shape index (κ2) is 8.88. The molecule has 0 radical (unpaired) electrons. The molecule has 1 aliphatic heterocycles. The molecule has 0 spiro atoms. The molecule has 8 heteroatoms. The number of ketones is 1. The van der Waals surface area contributed by atoms with E-state index in [0.29, 0.717) is 12.0 Å². The van der Waals surface area contributed by atoms with Gasteiger partial charge in [0.25, 0.3) is 17.7 Å². The molecule has 4 rings (SSSR count). The van der Waals surface area contributed by atoms with Crippen LogP contribution >= 0.6 is 23.2 Å². The van der Waals surface area contributed by atoms with Crippen molar-refractivity contribution >= 4 is 46.7 Å². The number of Topliss-reactive ketones (excluding diaryl/α,β-unsaturated/α-hetero) is 1. The summed E-state index contributed by atoms with van der Waals surface area (Å²) in [5.41, 5.74) is 0.480. The van der Waals surface area contributed by atoms with E-state index in [4.69, 9.17) is 23.2 Å². The minimum absolute atomic E-state index is 0.113. The number of hydrogen-bond donors (Lipinski definition) is 0. The minimum Gasteiger partial charge on any atom is -0.292 e. The van der Waals surface area contributed by atoms with Crippen molar-refractivity contribution in [2.24, 2.45) is 17.8 Å². The molecule has 2 aromatic carbocycles. The second-order valence-electron chi connectivity index (χ2n) is 7.92. The summed E-state index contributed by atoms with van der Waals surface area (Å²) in [6.45, 7) is 1.39. The lowest BCUT2D eigenvalue weighted by Gasteiger charge is -2.30. The molecule has 0 bridgehead atoms. The van der Waals surface area contributed by atoms with Gasteiger partial charge in [-0.05, 0) is 30.5 Å². The number of amides is 3. The van der Waals surface area contributed by atoms with Crippen molar-refractivity contribution < 1.29 is 19.2 Å². The molecule has 1 aliphatic carbocycles. The number of carbonyl (C=O) groups is 4. The van der Waals surface area contributed by atoms with Gasteiger partial charge < -0.3 is 0 Å². The van der Waals surface area contributed by atoms with Crippen molar-refractivity contribution in [3.05, 3.63) is 81.9 Å². The molecule has 6 nitrogen and oxygen atoms in total. The fourth-order valence-corrected chi connectivity index (χ4v) is 4.53. The van der Waals surface area contributed by atoms with Crippen LogP contribution in [0.15, 0.2) is 60.7 Å². The third-order valence-electron chi connectivity index (χ3n) is 5.88. The Hall–Kier alpha value is -2.96. The summed E-state index contributed by atoms with van der Waals surface area (Å²) in [5, 5.41) is 2.20. The summed E-state index contributed by atoms with van der Waals surface area (Å²) in [6.07, 6.45) is 4.19. The Labute approximate surface area is 195 Å². The number of hydrazine groups is 1. The Kier molecular flexibility index (Phi) is 6.17. The van der Waals surface area contributed by atoms with Gasteiger partial charge in [0, 0.05) is 11.1 Å². The van der Waals surface area contributed by atoms with Gasteiger partial charge in [-0.3, -0.25) is 19.2 Å². The molecule has 1 heterocycles. The number of allylic oxidation sites excluding steroid dienone is 2. The highest BCUT2D eigenvalue weighted by Crippen LogP contribution is 2.39. The molecule has 0 unspecified atom stereocenters. The van der Waals surface area contributed by atoms with Gasteiger partial charge in [0.05, 0.1) is 21.9 Å². The quantitative estimate of drug-likeness (QED) is 0.368. The van der Waals surface area contributed by atoms with Crippen LogP contribution in [-0.4, -0.2) is 40.1 Å². The Morgan fingerprint density at radius 1 is 1.00 bits per heavy atom. The summed E-state index contributed by atoms with van der Waals surface area (Å²) in [5.74, 6) is -3.32. The number of nitrogens with zero attached hydrogens (tertiary/aromatic N) is 2. The maximum absolute atomic E-state index is 13.5. The molecule has 2 aromatic rings. The summed E-state index contributed by atoms with van der Waals surface area (Å²) in [7, 11) is 0. The number of rotatable bonds is 5. The predicted molar refractivity (Wildman–Crippen MR) is 120 cm³/mol. The number of halogens is 2. The molecule has 3 amide bonds. The highest BCUT2D eigenvalue weighted by Gasteiger charge is 2.53. The zero-order valence-electron chi connectivity index (χ0n) is 17.2. The van der Waals surface area contributed by atoms with Crippen LogP contribution in [-0.2, 0) is 9.59 Å². The van der Waals surface area contributed by atoms with Crippen molar-refractivity contribution in [1.82, 2.24) is 10.0 Å². The summed E-state index contributed by atoms with van der Waals surface area (Å²) >= 11 is 12.0. The van der Waals surface area contributed by atoms with E-state index in [1.54, 1.807) is 30.3 Å². The zero-order chi connectivity index (χ0) is 23.0. The highest BCUT2D eigenvalue weighted by atomic mass is 35.5. The van der Waals surface area contributed by atoms with Gasteiger partial charge in [0.15, 0.2) is 5.78 Å². The molecule has 2 aliphatic rings. The van der Waals surface area contributed by atoms with E-state index in [-0.39, 0.29) is 21.5 Å². The van der Waals surface area contributed by atoms with Crippen LogP contribution in [0.3, 0.4) is 0 Å². The Morgan fingerprint density at radius 2 is 1.72 bits per heavy atom. The van der Waals surface area contributed by atoms with Gasteiger partial charge in [-0.1, -0.05) is 72.6 Å². The van der Waals surface area contributed by atoms with Crippen molar-refractivity contribution in [2.75, 3.05) is 6.54 Å². The lowest BCUT2D eigenvalue weighted by atomic mass is 9.78. The number of carbonyl (C=O) groups excluding carboxylic acids is 4. The molecule has 32 heavy (non-hydrogen) atoms. The fourth-order valence-electron chi connectivity index (χ4n) is 4.23. The van der Waals surface area contributed by atoms with Crippen molar-refractivity contribution in [3.63, 3.8) is 0 Å². The highest BCUT2D eigenvalue weighted by molar-refractivity contribution is 6.42. The van der Waals surface area contributed by atoms with Gasteiger partial charge >= 0.3 is 0 Å². The van der Waals surface area contributed by atoms with Crippen LogP contribution in [0.5, 0.6) is 0 Å². The van der Waals surface area contributed by atoms with E-state index in [2.05, 4.69) is 0 Å². The lowest BCUT2D eigenvalue weighted by molar-refractivity contribution is -0.154. The minimum atomic E-state index is -0.686. The first-order valence-electron chi connectivity index (χ1n) is 10.2. The maximum atomic E-state index is 13.5. The largest absolute Gasteiger partial charge is 0.292 e. The molecular weight excluding hydrogens is 451 g/mol. The average molecular weight is 471 g/mol. The SMILES string of the molecule is C[C@H]1C=CC[C@@H]2C(=O)N(N(CC(=O)c3ccccc3)C(=O)c3ccc(Cl)c(Cl)c3)C(=O)[C@@H]21.